The van der Waals surface area contributed by atoms with Crippen molar-refractivity contribution in [2.75, 3.05) is 0 Å². The average molecular weight is 241 g/mol. The Bertz CT molecular complexity index is 494. The van der Waals surface area contributed by atoms with E-state index in [2.05, 4.69) is 0 Å². The molecule has 1 aromatic rings. The van der Waals surface area contributed by atoms with Crippen LogP contribution in [0.15, 0.2) is 24.3 Å². The zero-order valence-corrected chi connectivity index (χ0v) is 8.62. The fourth-order valence-corrected chi connectivity index (χ4v) is 1.34. The molecule has 1 aromatic carbocycles. The Morgan fingerprint density at radius 3 is 2.81 bits per heavy atom. The zero-order chi connectivity index (χ0) is 12.1. The normalized spacial score (nSPS) is 10.7. The molecule has 1 amide bonds. The van der Waals surface area contributed by atoms with E-state index in [1.165, 1.54) is 6.07 Å². The zero-order valence-electron chi connectivity index (χ0n) is 7.87. The third-order valence-electron chi connectivity index (χ3n) is 1.67. The van der Waals surface area contributed by atoms with Gasteiger partial charge in [-0.25, -0.2) is 9.18 Å². The number of allylic oxidation sites excluding steroid dienone is 1. The van der Waals surface area contributed by atoms with Gasteiger partial charge in [-0.2, -0.15) is 5.26 Å². The predicted octanol–water partition coefficient (Wildman–Crippen LogP) is 2.61. The van der Waals surface area contributed by atoms with E-state index >= 15 is 0 Å². The van der Waals surface area contributed by atoms with Crippen LogP contribution in [-0.2, 0) is 0 Å². The molecule has 16 heavy (non-hydrogen) atoms. The van der Waals surface area contributed by atoms with Crippen LogP contribution in [0.1, 0.15) is 5.56 Å². The second kappa shape index (κ2) is 5.14. The summed E-state index contributed by atoms with van der Waals surface area (Å²) in [5.74, 6) is -0.541. The standard InChI is InChI=1S/C10H6ClFN2O2/c11-8-5-6(12)1-2-7(8)9(3-4-13)14-10(15)16/h1-3,5,14H,(H,15,16)/b9-3-. The highest BCUT2D eigenvalue weighted by Gasteiger charge is 2.09. The van der Waals surface area contributed by atoms with E-state index in [0.29, 0.717) is 0 Å². The van der Waals surface area contributed by atoms with Crippen molar-refractivity contribution < 1.29 is 14.3 Å². The number of nitrogens with one attached hydrogen (secondary N) is 1. The number of nitrogens with zero attached hydrogens (tertiary/aromatic N) is 1. The molecular weight excluding hydrogens is 235 g/mol. The van der Waals surface area contributed by atoms with Crippen molar-refractivity contribution in [1.29, 1.82) is 5.26 Å². The summed E-state index contributed by atoms with van der Waals surface area (Å²) in [6.45, 7) is 0. The first-order valence-electron chi connectivity index (χ1n) is 4.09. The Labute approximate surface area is 95.6 Å². The summed E-state index contributed by atoms with van der Waals surface area (Å²) in [6, 6.07) is 5.12. The van der Waals surface area contributed by atoms with Crippen LogP contribution < -0.4 is 5.32 Å². The lowest BCUT2D eigenvalue weighted by Gasteiger charge is -2.07. The van der Waals surface area contributed by atoms with Gasteiger partial charge in [0.1, 0.15) is 5.82 Å². The summed E-state index contributed by atoms with van der Waals surface area (Å²) in [5.41, 5.74) is 0.243. The number of carbonyl (C=O) groups is 1. The van der Waals surface area contributed by atoms with Crippen molar-refractivity contribution in [2.24, 2.45) is 0 Å². The fraction of sp³-hybridized carbons (Fsp3) is 0. The number of benzene rings is 1. The van der Waals surface area contributed by atoms with Crippen LogP contribution in [0.4, 0.5) is 9.18 Å². The van der Waals surface area contributed by atoms with E-state index in [1.807, 2.05) is 5.32 Å². The largest absolute Gasteiger partial charge is 0.465 e. The Morgan fingerprint density at radius 1 is 1.62 bits per heavy atom. The van der Waals surface area contributed by atoms with Gasteiger partial charge in [0, 0.05) is 11.6 Å². The lowest BCUT2D eigenvalue weighted by atomic mass is 10.1. The second-order valence-electron chi connectivity index (χ2n) is 2.74. The Morgan fingerprint density at radius 2 is 2.31 bits per heavy atom. The van der Waals surface area contributed by atoms with Gasteiger partial charge < -0.3 is 5.11 Å². The molecule has 0 saturated heterocycles. The van der Waals surface area contributed by atoms with Crippen LogP contribution in [-0.4, -0.2) is 11.2 Å². The van der Waals surface area contributed by atoms with Gasteiger partial charge in [-0.05, 0) is 18.2 Å². The smallest absolute Gasteiger partial charge is 0.409 e. The van der Waals surface area contributed by atoms with Crippen LogP contribution in [0.5, 0.6) is 0 Å². The lowest BCUT2D eigenvalue weighted by molar-refractivity contribution is 0.199. The van der Waals surface area contributed by atoms with E-state index in [1.54, 1.807) is 6.07 Å². The van der Waals surface area contributed by atoms with Crippen LogP contribution in [0.2, 0.25) is 5.02 Å². The first kappa shape index (κ1) is 12.0. The van der Waals surface area contributed by atoms with E-state index in [-0.39, 0.29) is 16.3 Å². The molecule has 0 atom stereocenters. The van der Waals surface area contributed by atoms with E-state index in [9.17, 15) is 9.18 Å². The van der Waals surface area contributed by atoms with E-state index in [4.69, 9.17) is 22.0 Å². The summed E-state index contributed by atoms with van der Waals surface area (Å²) in [4.78, 5) is 10.5. The van der Waals surface area contributed by atoms with Gasteiger partial charge in [-0.15, -0.1) is 0 Å². The number of halogens is 2. The van der Waals surface area contributed by atoms with Crippen LogP contribution in [0, 0.1) is 17.1 Å². The molecule has 0 radical (unpaired) electrons. The molecule has 1 rings (SSSR count). The number of rotatable bonds is 2. The Kier molecular flexibility index (Phi) is 3.86. The summed E-state index contributed by atoms with van der Waals surface area (Å²) in [5, 5.41) is 19.0. The Hall–Kier alpha value is -2.06. The molecule has 0 unspecified atom stereocenters. The summed E-state index contributed by atoms with van der Waals surface area (Å²) in [6.07, 6.45) is -0.352. The number of amides is 1. The highest BCUT2D eigenvalue weighted by molar-refractivity contribution is 6.32. The summed E-state index contributed by atoms with van der Waals surface area (Å²) < 4.78 is 12.8. The molecule has 0 aliphatic heterocycles. The summed E-state index contributed by atoms with van der Waals surface area (Å²) >= 11 is 5.72. The maximum atomic E-state index is 12.8. The minimum Gasteiger partial charge on any atom is -0.465 e. The fourth-order valence-electron chi connectivity index (χ4n) is 1.07. The van der Waals surface area contributed by atoms with Gasteiger partial charge >= 0.3 is 6.09 Å². The van der Waals surface area contributed by atoms with Crippen LogP contribution in [0.25, 0.3) is 5.70 Å². The second-order valence-corrected chi connectivity index (χ2v) is 3.15. The molecule has 82 valence electrons. The molecule has 2 N–H and O–H groups in total. The van der Waals surface area contributed by atoms with Gasteiger partial charge in [0.25, 0.3) is 0 Å². The maximum absolute atomic E-state index is 12.8. The quantitative estimate of drug-likeness (QED) is 0.781. The van der Waals surface area contributed by atoms with E-state index < -0.39 is 11.9 Å². The molecule has 0 saturated carbocycles. The first-order chi connectivity index (χ1) is 7.54. The molecule has 0 bridgehead atoms. The molecule has 0 fully saturated rings. The van der Waals surface area contributed by atoms with Crippen molar-refractivity contribution in [3.8, 4) is 6.07 Å². The average Bonchev–Trinajstić information content (AvgIpc) is 2.16. The minimum atomic E-state index is -1.33. The van der Waals surface area contributed by atoms with Crippen molar-refractivity contribution >= 4 is 23.4 Å². The van der Waals surface area contributed by atoms with Gasteiger partial charge in [0.05, 0.1) is 16.8 Å². The van der Waals surface area contributed by atoms with Crippen LogP contribution in [0.3, 0.4) is 0 Å². The molecule has 6 heteroatoms. The maximum Gasteiger partial charge on any atom is 0.409 e. The monoisotopic (exact) mass is 240 g/mol. The predicted molar refractivity (Wildman–Crippen MR) is 56.2 cm³/mol. The highest BCUT2D eigenvalue weighted by Crippen LogP contribution is 2.23. The third kappa shape index (κ3) is 2.97. The molecule has 0 aliphatic carbocycles. The molecular formula is C10H6ClFN2O2. The van der Waals surface area contributed by atoms with Crippen molar-refractivity contribution in [1.82, 2.24) is 5.32 Å². The highest BCUT2D eigenvalue weighted by atomic mass is 35.5. The lowest BCUT2D eigenvalue weighted by Crippen LogP contribution is -2.19. The number of hydrogen-bond donors (Lipinski definition) is 2. The van der Waals surface area contributed by atoms with Gasteiger partial charge in [0.15, 0.2) is 0 Å². The number of hydrogen-bond acceptors (Lipinski definition) is 2. The molecule has 0 aliphatic rings. The van der Waals surface area contributed by atoms with Crippen molar-refractivity contribution in [3.05, 3.63) is 40.7 Å². The number of nitriles is 1. The topological polar surface area (TPSA) is 73.1 Å². The Balaban J connectivity index is 3.17. The summed E-state index contributed by atoms with van der Waals surface area (Å²) in [7, 11) is 0. The van der Waals surface area contributed by atoms with Gasteiger partial charge in [-0.1, -0.05) is 11.6 Å². The van der Waals surface area contributed by atoms with Crippen molar-refractivity contribution in [2.45, 2.75) is 0 Å². The van der Waals surface area contributed by atoms with Crippen molar-refractivity contribution in [3.63, 3.8) is 0 Å². The SMILES string of the molecule is N#C/C=C(\NC(=O)O)c1ccc(F)cc1Cl. The van der Waals surface area contributed by atoms with Gasteiger partial charge in [-0.3, -0.25) is 5.32 Å². The van der Waals surface area contributed by atoms with Crippen LogP contribution >= 0.6 is 11.6 Å². The van der Waals surface area contributed by atoms with E-state index in [0.717, 1.165) is 18.2 Å². The molecule has 4 nitrogen and oxygen atoms in total. The molecule has 0 spiro atoms. The third-order valence-corrected chi connectivity index (χ3v) is 1.98. The first-order valence-corrected chi connectivity index (χ1v) is 4.47. The molecule has 0 heterocycles. The van der Waals surface area contributed by atoms with Gasteiger partial charge in [0.2, 0.25) is 0 Å². The molecule has 0 aromatic heterocycles. The number of carboxylic acid groups (broad SMARTS) is 1. The minimum absolute atomic E-state index is 0.000000000000000444.